The lowest BCUT2D eigenvalue weighted by atomic mass is 9.96. The van der Waals surface area contributed by atoms with Crippen molar-refractivity contribution in [2.24, 2.45) is 16.8 Å². The second-order valence-corrected chi connectivity index (χ2v) is 7.00. The predicted octanol–water partition coefficient (Wildman–Crippen LogP) is 1.72. The van der Waals surface area contributed by atoms with Gasteiger partial charge in [0.25, 0.3) is 0 Å². The van der Waals surface area contributed by atoms with Crippen LogP contribution >= 0.6 is 0 Å². The van der Waals surface area contributed by atoms with Crippen LogP contribution in [-0.4, -0.2) is 46.9 Å². The van der Waals surface area contributed by atoms with Crippen LogP contribution in [0.4, 0.5) is 5.82 Å². The molecule has 1 aromatic rings. The largest absolute Gasteiger partial charge is 0.368 e. The van der Waals surface area contributed by atoms with Crippen molar-refractivity contribution in [2.75, 3.05) is 25.5 Å². The van der Waals surface area contributed by atoms with Gasteiger partial charge in [0, 0.05) is 27.5 Å². The highest BCUT2D eigenvalue weighted by atomic mass is 16.1. The van der Waals surface area contributed by atoms with Gasteiger partial charge in [0.15, 0.2) is 5.82 Å². The number of nitrogens with zero attached hydrogens (tertiary/aromatic N) is 4. The molecule has 1 aromatic heterocycles. The lowest BCUT2D eigenvalue weighted by molar-refractivity contribution is -0.118. The molecule has 2 heterocycles. The Balaban J connectivity index is 0.00000196. The number of amides is 1. The average molecular weight is 377 g/mol. The van der Waals surface area contributed by atoms with Crippen LogP contribution in [0.3, 0.4) is 0 Å². The van der Waals surface area contributed by atoms with E-state index < -0.39 is 0 Å². The number of carbonyl (C=O) groups excluding carboxylic acids is 1. The van der Waals surface area contributed by atoms with Crippen molar-refractivity contribution in [3.05, 3.63) is 23.2 Å². The third kappa shape index (κ3) is 4.54. The molecule has 0 spiro atoms. The first-order valence-corrected chi connectivity index (χ1v) is 9.12. The van der Waals surface area contributed by atoms with Crippen LogP contribution in [0.15, 0.2) is 16.9 Å². The fraction of sp³-hybridized carbons (Fsp3) is 0.556. The number of nitrogens with two attached hydrogens (primary N) is 1. The summed E-state index contributed by atoms with van der Waals surface area (Å²) in [7, 11) is 1.74. The Morgan fingerprint density at radius 1 is 1.37 bits per heavy atom. The van der Waals surface area contributed by atoms with E-state index in [1.165, 1.54) is 11.1 Å². The predicted molar refractivity (Wildman–Crippen MR) is 109 cm³/mol. The third-order valence-corrected chi connectivity index (χ3v) is 4.81. The van der Waals surface area contributed by atoms with Crippen molar-refractivity contribution in [2.45, 2.75) is 39.5 Å². The van der Waals surface area contributed by atoms with Crippen molar-refractivity contribution in [1.29, 1.82) is 0 Å². The number of hydrogen-bond donors (Lipinski definition) is 4. The van der Waals surface area contributed by atoms with Crippen molar-refractivity contribution in [1.82, 2.24) is 26.4 Å². The SMILES string of the molecule is CN/N=C(\N)N1CCC2=C(C1)c1ncc(NC(=O)C(C)C)nc1CCC2.N.[HH]. The van der Waals surface area contributed by atoms with E-state index in [4.69, 9.17) is 5.73 Å². The first-order valence-electron chi connectivity index (χ1n) is 9.12. The van der Waals surface area contributed by atoms with Crippen molar-refractivity contribution < 1.29 is 6.22 Å². The van der Waals surface area contributed by atoms with Gasteiger partial charge < -0.3 is 27.5 Å². The van der Waals surface area contributed by atoms with Crippen LogP contribution in [0.2, 0.25) is 0 Å². The van der Waals surface area contributed by atoms with Gasteiger partial charge in [0.05, 0.1) is 17.6 Å². The topological polar surface area (TPSA) is 144 Å². The number of hydrazone groups is 1. The Morgan fingerprint density at radius 3 is 2.85 bits per heavy atom. The molecule has 0 aromatic carbocycles. The molecule has 0 unspecified atom stereocenters. The van der Waals surface area contributed by atoms with E-state index >= 15 is 0 Å². The first kappa shape index (κ1) is 20.6. The minimum absolute atomic E-state index is 0. The van der Waals surface area contributed by atoms with Gasteiger partial charge in [-0.2, -0.15) is 0 Å². The quantitative estimate of drug-likeness (QED) is 0.357. The summed E-state index contributed by atoms with van der Waals surface area (Å²) >= 11 is 0. The van der Waals surface area contributed by atoms with Gasteiger partial charge in [0.1, 0.15) is 0 Å². The molecular weight excluding hydrogens is 344 g/mol. The Labute approximate surface area is 161 Å². The molecule has 1 aliphatic heterocycles. The summed E-state index contributed by atoms with van der Waals surface area (Å²) in [5.41, 5.74) is 13.3. The lowest BCUT2D eigenvalue weighted by Crippen LogP contribution is -2.42. The van der Waals surface area contributed by atoms with Gasteiger partial charge in [0.2, 0.25) is 11.9 Å². The van der Waals surface area contributed by atoms with Gasteiger partial charge in [-0.15, -0.1) is 5.10 Å². The molecule has 0 atom stereocenters. The summed E-state index contributed by atoms with van der Waals surface area (Å²) in [6.07, 6.45) is 5.57. The fourth-order valence-electron chi connectivity index (χ4n) is 3.36. The standard InChI is InChI=1S/C18H27N7O.H3N.H2/c1-11(2)17(26)23-15-9-21-16-13-10-25(18(19)24-20-3)8-7-12(13)5-4-6-14(16)22-15;;/h9,11,20H,4-8,10H2,1-3H3,(H2,19,24)(H,22,23,26);1H3;1H. The smallest absolute Gasteiger partial charge is 0.228 e. The summed E-state index contributed by atoms with van der Waals surface area (Å²) in [6, 6.07) is 0. The van der Waals surface area contributed by atoms with Crippen LogP contribution in [0, 0.1) is 5.92 Å². The second-order valence-electron chi connectivity index (χ2n) is 7.00. The van der Waals surface area contributed by atoms with Crippen LogP contribution in [0.5, 0.6) is 0 Å². The molecule has 1 amide bonds. The summed E-state index contributed by atoms with van der Waals surface area (Å²) < 4.78 is 0. The summed E-state index contributed by atoms with van der Waals surface area (Å²) in [5, 5.41) is 6.93. The molecule has 0 bridgehead atoms. The van der Waals surface area contributed by atoms with Crippen LogP contribution in [0.25, 0.3) is 5.57 Å². The highest BCUT2D eigenvalue weighted by molar-refractivity contribution is 5.91. The number of fused-ring (bicyclic) bond motifs is 2. The van der Waals surface area contributed by atoms with E-state index in [0.717, 1.165) is 43.6 Å². The second kappa shape index (κ2) is 8.81. The van der Waals surface area contributed by atoms with Gasteiger partial charge in [-0.25, -0.2) is 4.98 Å². The molecule has 0 fully saturated rings. The summed E-state index contributed by atoms with van der Waals surface area (Å²) in [6.45, 7) is 5.26. The zero-order chi connectivity index (χ0) is 18.7. The van der Waals surface area contributed by atoms with Crippen molar-refractivity contribution in [3.8, 4) is 0 Å². The molecule has 2 aliphatic rings. The van der Waals surface area contributed by atoms with E-state index in [-0.39, 0.29) is 19.4 Å². The minimum Gasteiger partial charge on any atom is -0.368 e. The molecule has 0 saturated heterocycles. The zero-order valence-electron chi connectivity index (χ0n) is 16.4. The van der Waals surface area contributed by atoms with Crippen LogP contribution in [-0.2, 0) is 11.2 Å². The molecule has 3 rings (SSSR count). The van der Waals surface area contributed by atoms with Crippen LogP contribution in [0.1, 0.15) is 45.9 Å². The number of aromatic nitrogens is 2. The maximum atomic E-state index is 11.9. The highest BCUT2D eigenvalue weighted by Crippen LogP contribution is 2.33. The van der Waals surface area contributed by atoms with E-state index in [9.17, 15) is 4.79 Å². The first-order chi connectivity index (χ1) is 12.5. The number of carbonyl (C=O) groups is 1. The average Bonchev–Trinajstić information content (AvgIpc) is 2.80. The summed E-state index contributed by atoms with van der Waals surface area (Å²) in [5.74, 6) is 0.868. The summed E-state index contributed by atoms with van der Waals surface area (Å²) in [4.78, 5) is 23.3. The number of guanidine groups is 1. The normalized spacial score (nSPS) is 16.9. The van der Waals surface area contributed by atoms with Crippen molar-refractivity contribution >= 4 is 23.3 Å². The highest BCUT2D eigenvalue weighted by Gasteiger charge is 2.26. The van der Waals surface area contributed by atoms with Gasteiger partial charge in [-0.05, 0) is 31.3 Å². The maximum absolute atomic E-state index is 11.9. The van der Waals surface area contributed by atoms with E-state index in [2.05, 4.69) is 30.7 Å². The van der Waals surface area contributed by atoms with Gasteiger partial charge >= 0.3 is 0 Å². The molecule has 1 aliphatic carbocycles. The zero-order valence-corrected chi connectivity index (χ0v) is 16.4. The van der Waals surface area contributed by atoms with Crippen LogP contribution < -0.4 is 22.6 Å². The molecule has 27 heavy (non-hydrogen) atoms. The monoisotopic (exact) mass is 376 g/mol. The minimum atomic E-state index is -0.0914. The molecule has 9 heteroatoms. The third-order valence-electron chi connectivity index (χ3n) is 4.81. The molecule has 150 valence electrons. The Hall–Kier alpha value is -2.68. The number of nitrogens with one attached hydrogen (secondary N) is 2. The molecule has 0 saturated carbocycles. The maximum Gasteiger partial charge on any atom is 0.228 e. The van der Waals surface area contributed by atoms with E-state index in [1.54, 1.807) is 13.2 Å². The molecule has 9 nitrogen and oxygen atoms in total. The van der Waals surface area contributed by atoms with Gasteiger partial charge in [-0.1, -0.05) is 19.4 Å². The molecular formula is C18H32N8O. The molecule has 7 N–H and O–H groups in total. The van der Waals surface area contributed by atoms with E-state index in [0.29, 0.717) is 18.3 Å². The fourth-order valence-corrected chi connectivity index (χ4v) is 3.36. The molecule has 0 radical (unpaired) electrons. The Morgan fingerprint density at radius 2 is 2.15 bits per heavy atom. The van der Waals surface area contributed by atoms with E-state index in [1.807, 2.05) is 13.8 Å². The number of anilines is 1. The number of rotatable bonds is 3. The van der Waals surface area contributed by atoms with Gasteiger partial charge in [-0.3, -0.25) is 9.78 Å². The number of aryl methyl sites for hydroxylation is 1. The lowest BCUT2D eigenvalue weighted by Gasteiger charge is -2.31. The Bertz CT molecular complexity index is 762. The number of hydrogen-bond acceptors (Lipinski definition) is 6. The van der Waals surface area contributed by atoms with Crippen molar-refractivity contribution in [3.63, 3.8) is 0 Å². The Kier molecular flexibility index (Phi) is 6.73.